The van der Waals surface area contributed by atoms with Crippen LogP contribution < -0.4 is 10.6 Å². The zero-order valence-electron chi connectivity index (χ0n) is 14.2. The monoisotopic (exact) mass is 329 g/mol. The lowest BCUT2D eigenvalue weighted by Gasteiger charge is -2.13. The fourth-order valence-electron chi connectivity index (χ4n) is 2.37. The van der Waals surface area contributed by atoms with Crippen LogP contribution in [-0.2, 0) is 0 Å². The van der Waals surface area contributed by atoms with Crippen LogP contribution in [0.1, 0.15) is 19.4 Å². The molecule has 0 saturated heterocycles. The largest absolute Gasteiger partial charge is 0.368 e. The number of hydrogen-bond acceptors (Lipinski definition) is 5. The third-order valence-electron chi connectivity index (χ3n) is 3.48. The number of aromatic nitrogens is 2. The van der Waals surface area contributed by atoms with Crippen molar-refractivity contribution in [2.45, 2.75) is 19.9 Å². The molecule has 0 unspecified atom stereocenters. The molecule has 0 aliphatic carbocycles. The third-order valence-corrected chi connectivity index (χ3v) is 3.48. The maximum Gasteiger partial charge on any atom is 0.163 e. The summed E-state index contributed by atoms with van der Waals surface area (Å²) in [6.07, 6.45) is 0. The molecule has 0 amide bonds. The van der Waals surface area contributed by atoms with E-state index in [0.29, 0.717) is 17.2 Å². The van der Waals surface area contributed by atoms with Gasteiger partial charge in [0.05, 0.1) is 11.6 Å². The molecule has 0 bridgehead atoms. The number of para-hydroxylation sites is 1. The van der Waals surface area contributed by atoms with Crippen molar-refractivity contribution < 1.29 is 0 Å². The molecule has 0 saturated carbocycles. The minimum Gasteiger partial charge on any atom is -0.368 e. The molecule has 3 aromatic rings. The van der Waals surface area contributed by atoms with E-state index in [2.05, 4.69) is 40.5 Å². The van der Waals surface area contributed by atoms with Gasteiger partial charge in [0.2, 0.25) is 0 Å². The first kappa shape index (κ1) is 16.5. The molecule has 0 spiro atoms. The highest BCUT2D eigenvalue weighted by atomic mass is 15.1. The first-order valence-electron chi connectivity index (χ1n) is 8.12. The molecule has 2 aromatic carbocycles. The zero-order valence-corrected chi connectivity index (χ0v) is 14.2. The summed E-state index contributed by atoms with van der Waals surface area (Å²) >= 11 is 0. The fraction of sp³-hybridized carbons (Fsp3) is 0.150. The predicted octanol–water partition coefficient (Wildman–Crippen LogP) is 4.58. The Hall–Kier alpha value is -3.39. The minimum absolute atomic E-state index is 0.258. The molecule has 3 rings (SSSR count). The number of anilines is 3. The van der Waals surface area contributed by atoms with E-state index in [1.54, 1.807) is 12.1 Å². The van der Waals surface area contributed by atoms with Gasteiger partial charge in [-0.15, -0.1) is 0 Å². The zero-order chi connectivity index (χ0) is 17.6. The van der Waals surface area contributed by atoms with E-state index >= 15 is 0 Å². The molecule has 0 aliphatic rings. The Morgan fingerprint density at radius 1 is 0.920 bits per heavy atom. The first-order valence-corrected chi connectivity index (χ1v) is 8.12. The summed E-state index contributed by atoms with van der Waals surface area (Å²) in [7, 11) is 0. The van der Waals surface area contributed by atoms with Gasteiger partial charge in [0.25, 0.3) is 0 Å². The van der Waals surface area contributed by atoms with Crippen LogP contribution >= 0.6 is 0 Å². The Labute approximate surface area is 147 Å². The second kappa shape index (κ2) is 7.45. The second-order valence-corrected chi connectivity index (χ2v) is 5.94. The van der Waals surface area contributed by atoms with E-state index in [9.17, 15) is 0 Å². The number of benzene rings is 2. The molecule has 25 heavy (non-hydrogen) atoms. The van der Waals surface area contributed by atoms with Gasteiger partial charge in [-0.25, -0.2) is 9.97 Å². The Bertz CT molecular complexity index is 880. The van der Waals surface area contributed by atoms with Crippen LogP contribution in [-0.4, -0.2) is 16.0 Å². The van der Waals surface area contributed by atoms with Crippen LogP contribution in [0.4, 0.5) is 17.3 Å². The Kier molecular flexibility index (Phi) is 4.91. The van der Waals surface area contributed by atoms with Crippen molar-refractivity contribution >= 4 is 17.3 Å². The molecule has 2 N–H and O–H groups in total. The predicted molar refractivity (Wildman–Crippen MR) is 101 cm³/mol. The van der Waals surface area contributed by atoms with Gasteiger partial charge in [0, 0.05) is 23.4 Å². The van der Waals surface area contributed by atoms with Gasteiger partial charge in [0.1, 0.15) is 11.6 Å². The number of rotatable bonds is 5. The van der Waals surface area contributed by atoms with Gasteiger partial charge >= 0.3 is 0 Å². The molecule has 0 atom stereocenters. The lowest BCUT2D eigenvalue weighted by atomic mass is 10.1. The van der Waals surface area contributed by atoms with Crippen LogP contribution in [0.2, 0.25) is 0 Å². The van der Waals surface area contributed by atoms with Crippen molar-refractivity contribution in [2.75, 3.05) is 10.6 Å². The third kappa shape index (κ3) is 4.33. The van der Waals surface area contributed by atoms with Gasteiger partial charge in [-0.2, -0.15) is 5.26 Å². The van der Waals surface area contributed by atoms with Crippen LogP contribution in [0.25, 0.3) is 11.4 Å². The van der Waals surface area contributed by atoms with Gasteiger partial charge in [-0.1, -0.05) is 18.2 Å². The summed E-state index contributed by atoms with van der Waals surface area (Å²) in [5, 5.41) is 15.6. The standard InChI is InChI=1S/C20H19N5/c1-14(2)22-18-12-19(23-17-6-4-3-5-7-17)25-20(24-18)16-10-8-15(13-21)9-11-16/h3-12,14H,1-2H3,(H2,22,23,24,25). The van der Waals surface area contributed by atoms with Crippen molar-refractivity contribution in [3.05, 3.63) is 66.2 Å². The molecule has 124 valence electrons. The highest BCUT2D eigenvalue weighted by molar-refractivity contribution is 5.65. The number of nitrogens with one attached hydrogen (secondary N) is 2. The highest BCUT2D eigenvalue weighted by Crippen LogP contribution is 2.23. The molecule has 0 fully saturated rings. The van der Waals surface area contributed by atoms with Gasteiger partial charge < -0.3 is 10.6 Å². The summed E-state index contributed by atoms with van der Waals surface area (Å²) < 4.78 is 0. The van der Waals surface area contributed by atoms with Crippen molar-refractivity contribution in [1.82, 2.24) is 9.97 Å². The van der Waals surface area contributed by atoms with Crippen LogP contribution in [0.5, 0.6) is 0 Å². The van der Waals surface area contributed by atoms with E-state index < -0.39 is 0 Å². The fourth-order valence-corrected chi connectivity index (χ4v) is 2.37. The maximum absolute atomic E-state index is 8.95. The van der Waals surface area contributed by atoms with Crippen molar-refractivity contribution in [3.8, 4) is 17.5 Å². The lowest BCUT2D eigenvalue weighted by molar-refractivity contribution is 0.887. The van der Waals surface area contributed by atoms with Crippen LogP contribution in [0.3, 0.4) is 0 Å². The van der Waals surface area contributed by atoms with Crippen molar-refractivity contribution in [3.63, 3.8) is 0 Å². The van der Waals surface area contributed by atoms with Crippen molar-refractivity contribution in [1.29, 1.82) is 5.26 Å². The van der Waals surface area contributed by atoms with Crippen LogP contribution in [0.15, 0.2) is 60.7 Å². The Morgan fingerprint density at radius 2 is 1.60 bits per heavy atom. The quantitative estimate of drug-likeness (QED) is 0.717. The average molecular weight is 329 g/mol. The average Bonchev–Trinajstić information content (AvgIpc) is 2.62. The van der Waals surface area contributed by atoms with Gasteiger partial charge in [0.15, 0.2) is 5.82 Å². The molecule has 5 heteroatoms. The number of nitriles is 1. The van der Waals surface area contributed by atoms with Gasteiger partial charge in [-0.05, 0) is 50.2 Å². The van der Waals surface area contributed by atoms with Crippen molar-refractivity contribution in [2.24, 2.45) is 0 Å². The molecule has 1 aromatic heterocycles. The summed E-state index contributed by atoms with van der Waals surface area (Å²) in [5.74, 6) is 2.07. The Morgan fingerprint density at radius 3 is 2.24 bits per heavy atom. The maximum atomic E-state index is 8.95. The summed E-state index contributed by atoms with van der Waals surface area (Å²) in [5.41, 5.74) is 2.44. The molecule has 0 aliphatic heterocycles. The normalized spacial score (nSPS) is 10.3. The highest BCUT2D eigenvalue weighted by Gasteiger charge is 2.08. The van der Waals surface area contributed by atoms with E-state index in [4.69, 9.17) is 5.26 Å². The molecule has 0 radical (unpaired) electrons. The van der Waals surface area contributed by atoms with E-state index in [1.165, 1.54) is 0 Å². The molecule has 1 heterocycles. The topological polar surface area (TPSA) is 73.6 Å². The summed E-state index contributed by atoms with van der Waals surface area (Å²) in [6.45, 7) is 4.13. The van der Waals surface area contributed by atoms with E-state index in [-0.39, 0.29) is 6.04 Å². The Balaban J connectivity index is 1.98. The van der Waals surface area contributed by atoms with E-state index in [1.807, 2.05) is 48.5 Å². The smallest absolute Gasteiger partial charge is 0.163 e. The SMILES string of the molecule is CC(C)Nc1cc(Nc2ccccc2)nc(-c2ccc(C#N)cc2)n1. The lowest BCUT2D eigenvalue weighted by Crippen LogP contribution is -2.12. The van der Waals surface area contributed by atoms with Crippen LogP contribution in [0, 0.1) is 11.3 Å². The summed E-state index contributed by atoms with van der Waals surface area (Å²) in [6, 6.07) is 21.4. The first-order chi connectivity index (χ1) is 12.1. The summed E-state index contributed by atoms with van der Waals surface area (Å²) in [4.78, 5) is 9.21. The number of nitrogens with zero attached hydrogens (tertiary/aromatic N) is 3. The molecule has 5 nitrogen and oxygen atoms in total. The van der Waals surface area contributed by atoms with E-state index in [0.717, 1.165) is 17.1 Å². The molecular weight excluding hydrogens is 310 g/mol. The minimum atomic E-state index is 0.258. The number of hydrogen-bond donors (Lipinski definition) is 2. The van der Waals surface area contributed by atoms with Gasteiger partial charge in [-0.3, -0.25) is 0 Å². The second-order valence-electron chi connectivity index (χ2n) is 5.94. The molecular formula is C20H19N5.